The van der Waals surface area contributed by atoms with Crippen LogP contribution in [0.1, 0.15) is 31.4 Å². The maximum Gasteiger partial charge on any atom is 0.225 e. The van der Waals surface area contributed by atoms with Gasteiger partial charge in [0, 0.05) is 31.5 Å². The van der Waals surface area contributed by atoms with E-state index in [4.69, 9.17) is 16.3 Å². The second-order valence-corrected chi connectivity index (χ2v) is 6.10. The van der Waals surface area contributed by atoms with E-state index in [-0.39, 0.29) is 23.8 Å². The summed E-state index contributed by atoms with van der Waals surface area (Å²) in [6.45, 7) is 3.60. The third-order valence-electron chi connectivity index (χ3n) is 4.31. The van der Waals surface area contributed by atoms with Crippen molar-refractivity contribution in [2.75, 3.05) is 19.7 Å². The molecule has 0 saturated carbocycles. The Morgan fingerprint density at radius 2 is 2.32 bits per heavy atom. The largest absolute Gasteiger partial charge is 0.492 e. The summed E-state index contributed by atoms with van der Waals surface area (Å²) in [6.07, 6.45) is 1.00. The van der Waals surface area contributed by atoms with Crippen molar-refractivity contribution in [1.82, 2.24) is 10.2 Å². The van der Waals surface area contributed by atoms with Gasteiger partial charge in [-0.1, -0.05) is 23.7 Å². The number of fused-ring (bicyclic) bond motifs is 1. The summed E-state index contributed by atoms with van der Waals surface area (Å²) in [5.74, 6) is 0.372. The van der Waals surface area contributed by atoms with Crippen molar-refractivity contribution >= 4 is 23.4 Å². The van der Waals surface area contributed by atoms with E-state index in [9.17, 15) is 9.59 Å². The Bertz CT molecular complexity index is 605. The highest BCUT2D eigenvalue weighted by Crippen LogP contribution is 2.37. The molecule has 1 aromatic carbocycles. The zero-order valence-electron chi connectivity index (χ0n) is 12.5. The van der Waals surface area contributed by atoms with Gasteiger partial charge in [-0.3, -0.25) is 9.59 Å². The first kappa shape index (κ1) is 15.2. The fraction of sp³-hybridized carbons (Fsp3) is 0.500. The number of carbonyl (C=O) groups excluding carboxylic acids is 2. The summed E-state index contributed by atoms with van der Waals surface area (Å²) < 4.78 is 5.60. The molecule has 6 heteroatoms. The maximum absolute atomic E-state index is 12.5. The Balaban J connectivity index is 1.71. The lowest BCUT2D eigenvalue weighted by molar-refractivity contribution is -0.129. The van der Waals surface area contributed by atoms with Crippen molar-refractivity contribution in [3.8, 4) is 5.75 Å². The van der Waals surface area contributed by atoms with Crippen LogP contribution in [0.15, 0.2) is 18.2 Å². The van der Waals surface area contributed by atoms with E-state index >= 15 is 0 Å². The van der Waals surface area contributed by atoms with Crippen molar-refractivity contribution in [1.29, 1.82) is 0 Å². The van der Waals surface area contributed by atoms with Crippen LogP contribution in [-0.4, -0.2) is 36.4 Å². The third kappa shape index (κ3) is 2.77. The Kier molecular flexibility index (Phi) is 4.25. The molecule has 22 heavy (non-hydrogen) atoms. The van der Waals surface area contributed by atoms with Crippen molar-refractivity contribution in [3.05, 3.63) is 28.8 Å². The van der Waals surface area contributed by atoms with Gasteiger partial charge in [-0.2, -0.15) is 0 Å². The monoisotopic (exact) mass is 322 g/mol. The number of amides is 2. The highest BCUT2D eigenvalue weighted by molar-refractivity contribution is 6.32. The molecule has 0 aromatic heterocycles. The van der Waals surface area contributed by atoms with E-state index in [0.717, 1.165) is 5.56 Å². The molecule has 0 bridgehead atoms. The summed E-state index contributed by atoms with van der Waals surface area (Å²) >= 11 is 6.14. The average Bonchev–Trinajstić information content (AvgIpc) is 2.89. The zero-order valence-corrected chi connectivity index (χ0v) is 13.2. The van der Waals surface area contributed by atoms with Gasteiger partial charge in [0.15, 0.2) is 0 Å². The molecule has 0 aliphatic carbocycles. The Hall–Kier alpha value is -1.75. The molecule has 2 amide bonds. The predicted octanol–water partition coefficient (Wildman–Crippen LogP) is 2.15. The Morgan fingerprint density at radius 1 is 1.50 bits per heavy atom. The highest BCUT2D eigenvalue weighted by atomic mass is 35.5. The number of ether oxygens (including phenoxy) is 1. The van der Waals surface area contributed by atoms with Crippen LogP contribution in [0.5, 0.6) is 5.75 Å². The molecule has 1 N–H and O–H groups in total. The third-order valence-corrected chi connectivity index (χ3v) is 4.61. The number of hydrogen-bond donors (Lipinski definition) is 1. The smallest absolute Gasteiger partial charge is 0.225 e. The molecule has 1 saturated heterocycles. The predicted molar refractivity (Wildman–Crippen MR) is 82.8 cm³/mol. The first-order valence-electron chi connectivity index (χ1n) is 7.59. The van der Waals surface area contributed by atoms with E-state index < -0.39 is 0 Å². The van der Waals surface area contributed by atoms with Crippen LogP contribution in [0.4, 0.5) is 0 Å². The van der Waals surface area contributed by atoms with Crippen molar-refractivity contribution in [3.63, 3.8) is 0 Å². The van der Waals surface area contributed by atoms with Gasteiger partial charge in [-0.25, -0.2) is 0 Å². The summed E-state index contributed by atoms with van der Waals surface area (Å²) in [6, 6.07) is 5.44. The van der Waals surface area contributed by atoms with Crippen LogP contribution in [-0.2, 0) is 9.59 Å². The SMILES string of the molecule is CCN1C[C@H](C(=O)N[C@@H]2CCOc3c(Cl)cccc32)CC1=O. The Morgan fingerprint density at radius 3 is 3.05 bits per heavy atom. The molecule has 1 fully saturated rings. The van der Waals surface area contributed by atoms with Gasteiger partial charge in [0.2, 0.25) is 11.8 Å². The number of rotatable bonds is 3. The molecule has 0 spiro atoms. The molecule has 0 radical (unpaired) electrons. The van der Waals surface area contributed by atoms with E-state index in [0.29, 0.717) is 43.3 Å². The van der Waals surface area contributed by atoms with E-state index in [1.807, 2.05) is 19.1 Å². The van der Waals surface area contributed by atoms with E-state index in [1.165, 1.54) is 0 Å². The summed E-state index contributed by atoms with van der Waals surface area (Å²) in [5.41, 5.74) is 0.906. The minimum absolute atomic E-state index is 0.0538. The lowest BCUT2D eigenvalue weighted by atomic mass is 9.99. The topological polar surface area (TPSA) is 58.6 Å². The average molecular weight is 323 g/mol. The fourth-order valence-electron chi connectivity index (χ4n) is 3.08. The Labute approximate surface area is 134 Å². The van der Waals surface area contributed by atoms with Crippen LogP contribution in [0, 0.1) is 5.92 Å². The molecule has 5 nitrogen and oxygen atoms in total. The number of para-hydroxylation sites is 1. The number of benzene rings is 1. The number of nitrogens with zero attached hydrogens (tertiary/aromatic N) is 1. The molecule has 1 aromatic rings. The fourth-order valence-corrected chi connectivity index (χ4v) is 3.32. The van der Waals surface area contributed by atoms with Gasteiger partial charge in [-0.05, 0) is 13.0 Å². The lowest BCUT2D eigenvalue weighted by Crippen LogP contribution is -2.37. The van der Waals surface area contributed by atoms with Crippen LogP contribution in [0.3, 0.4) is 0 Å². The van der Waals surface area contributed by atoms with Crippen LogP contribution >= 0.6 is 11.6 Å². The molecular formula is C16H19ClN2O3. The lowest BCUT2D eigenvalue weighted by Gasteiger charge is -2.28. The number of halogens is 1. The van der Waals surface area contributed by atoms with Gasteiger partial charge in [-0.15, -0.1) is 0 Å². The molecular weight excluding hydrogens is 304 g/mol. The minimum atomic E-state index is -0.266. The minimum Gasteiger partial charge on any atom is -0.492 e. The molecule has 2 aliphatic heterocycles. The summed E-state index contributed by atoms with van der Waals surface area (Å²) in [4.78, 5) is 25.9. The number of hydrogen-bond acceptors (Lipinski definition) is 3. The summed E-state index contributed by atoms with van der Waals surface area (Å²) in [7, 11) is 0. The van der Waals surface area contributed by atoms with Gasteiger partial charge in [0.1, 0.15) is 5.75 Å². The molecule has 2 aliphatic rings. The zero-order chi connectivity index (χ0) is 15.7. The molecule has 2 atom stereocenters. The molecule has 0 unspecified atom stereocenters. The van der Waals surface area contributed by atoms with Gasteiger partial charge in [0.05, 0.1) is 23.6 Å². The molecule has 2 heterocycles. The van der Waals surface area contributed by atoms with Crippen molar-refractivity contribution in [2.45, 2.75) is 25.8 Å². The van der Waals surface area contributed by atoms with Gasteiger partial charge in [0.25, 0.3) is 0 Å². The van der Waals surface area contributed by atoms with Crippen molar-refractivity contribution < 1.29 is 14.3 Å². The van der Waals surface area contributed by atoms with Crippen LogP contribution in [0.25, 0.3) is 0 Å². The van der Waals surface area contributed by atoms with E-state index in [2.05, 4.69) is 5.32 Å². The maximum atomic E-state index is 12.5. The summed E-state index contributed by atoms with van der Waals surface area (Å²) in [5, 5.41) is 3.61. The second kappa shape index (κ2) is 6.16. The molecule has 118 valence electrons. The number of carbonyl (C=O) groups is 2. The first-order valence-corrected chi connectivity index (χ1v) is 7.97. The van der Waals surface area contributed by atoms with Crippen molar-refractivity contribution in [2.24, 2.45) is 5.92 Å². The van der Waals surface area contributed by atoms with Gasteiger partial charge < -0.3 is 15.0 Å². The van der Waals surface area contributed by atoms with Crippen LogP contribution < -0.4 is 10.1 Å². The molecule has 3 rings (SSSR count). The standard InChI is InChI=1S/C16H19ClN2O3/c1-2-19-9-10(8-14(19)20)16(21)18-13-6-7-22-15-11(13)4-3-5-12(15)17/h3-5,10,13H,2,6-9H2,1H3,(H,18,21)/t10-,13-/m1/s1. The number of likely N-dealkylation sites (tertiary alicyclic amines) is 1. The van der Waals surface area contributed by atoms with Gasteiger partial charge >= 0.3 is 0 Å². The quantitative estimate of drug-likeness (QED) is 0.927. The second-order valence-electron chi connectivity index (χ2n) is 5.69. The van der Waals surface area contributed by atoms with E-state index in [1.54, 1.807) is 11.0 Å². The van der Waals surface area contributed by atoms with Crippen LogP contribution in [0.2, 0.25) is 5.02 Å². The number of nitrogens with one attached hydrogen (secondary N) is 1. The first-order chi connectivity index (χ1) is 10.6. The normalized spacial score (nSPS) is 23.9. The highest BCUT2D eigenvalue weighted by Gasteiger charge is 2.35.